The van der Waals surface area contributed by atoms with Gasteiger partial charge in [-0.05, 0) is 31.0 Å². The fourth-order valence-electron chi connectivity index (χ4n) is 3.64. The summed E-state index contributed by atoms with van der Waals surface area (Å²) in [5.74, 6) is 0.0111. The molecule has 3 heterocycles. The zero-order valence-corrected chi connectivity index (χ0v) is 20.9. The highest BCUT2D eigenvalue weighted by molar-refractivity contribution is 9.10. The maximum atomic E-state index is 13.7. The lowest BCUT2D eigenvalue weighted by molar-refractivity contribution is -0.137. The molecule has 0 aliphatic carbocycles. The standard InChI is InChI=1S/C20H19BrClF3N6O2S/c1-34(32,33)31-6-4-13(5-7-31)28-19-26-9-14(20(23,24)25)18(29-19)16-10-30(11-27-16)17-3-2-12(21)8-15(17)22/h2-3,8-11,13H,4-7H2,1H3,(H,26,28,29). The van der Waals surface area contributed by atoms with Gasteiger partial charge in [0, 0.05) is 36.0 Å². The first-order chi connectivity index (χ1) is 15.9. The molecule has 1 aromatic carbocycles. The third-order valence-corrected chi connectivity index (χ3v) is 7.46. The Bertz CT molecular complexity index is 1310. The number of hydrogen-bond acceptors (Lipinski definition) is 6. The molecule has 0 amide bonds. The van der Waals surface area contributed by atoms with Crippen LogP contribution in [-0.4, -0.2) is 57.6 Å². The van der Waals surface area contributed by atoms with Crippen LogP contribution in [0.25, 0.3) is 17.1 Å². The van der Waals surface area contributed by atoms with Crippen LogP contribution >= 0.6 is 27.5 Å². The highest BCUT2D eigenvalue weighted by atomic mass is 79.9. The summed E-state index contributed by atoms with van der Waals surface area (Å²) in [6.07, 6.45) is 0.914. The first-order valence-electron chi connectivity index (χ1n) is 10.1. The van der Waals surface area contributed by atoms with Crippen molar-refractivity contribution in [1.82, 2.24) is 23.8 Å². The second kappa shape index (κ2) is 9.44. The molecule has 14 heteroatoms. The number of halogens is 5. The van der Waals surface area contributed by atoms with E-state index in [1.807, 2.05) is 0 Å². The Kier molecular flexibility index (Phi) is 6.91. The van der Waals surface area contributed by atoms with Crippen molar-refractivity contribution in [1.29, 1.82) is 0 Å². The summed E-state index contributed by atoms with van der Waals surface area (Å²) in [5, 5.41) is 3.41. The van der Waals surface area contributed by atoms with E-state index in [9.17, 15) is 21.6 Å². The van der Waals surface area contributed by atoms with Gasteiger partial charge in [0.25, 0.3) is 0 Å². The molecule has 2 aromatic heterocycles. The van der Waals surface area contributed by atoms with E-state index >= 15 is 0 Å². The zero-order chi connectivity index (χ0) is 24.7. The van der Waals surface area contributed by atoms with Crippen molar-refractivity contribution < 1.29 is 21.6 Å². The van der Waals surface area contributed by atoms with Gasteiger partial charge in [-0.2, -0.15) is 13.2 Å². The molecule has 182 valence electrons. The molecular formula is C20H19BrClF3N6O2S. The maximum absolute atomic E-state index is 13.7. The van der Waals surface area contributed by atoms with Crippen LogP contribution in [0.1, 0.15) is 18.4 Å². The number of hydrogen-bond donors (Lipinski definition) is 1. The molecule has 0 spiro atoms. The van der Waals surface area contributed by atoms with Crippen LogP contribution in [0.4, 0.5) is 19.1 Å². The van der Waals surface area contributed by atoms with Gasteiger partial charge in [-0.1, -0.05) is 27.5 Å². The molecule has 34 heavy (non-hydrogen) atoms. The molecule has 3 aromatic rings. The smallest absolute Gasteiger partial charge is 0.351 e. The first-order valence-corrected chi connectivity index (χ1v) is 13.1. The molecule has 0 atom stereocenters. The number of benzene rings is 1. The third-order valence-electron chi connectivity index (χ3n) is 5.36. The van der Waals surface area contributed by atoms with Crippen molar-refractivity contribution in [2.24, 2.45) is 0 Å². The predicted octanol–water partition coefficient (Wildman–Crippen LogP) is 4.60. The molecule has 1 aliphatic heterocycles. The minimum atomic E-state index is -4.69. The minimum absolute atomic E-state index is 0.00339. The van der Waals surface area contributed by atoms with Crippen LogP contribution < -0.4 is 5.32 Å². The Morgan fingerprint density at radius 1 is 1.21 bits per heavy atom. The number of piperidine rings is 1. The molecule has 1 fully saturated rings. The van der Waals surface area contributed by atoms with E-state index in [0.29, 0.717) is 36.6 Å². The van der Waals surface area contributed by atoms with Gasteiger partial charge < -0.3 is 9.88 Å². The monoisotopic (exact) mass is 578 g/mol. The number of aromatic nitrogens is 4. The van der Waals surface area contributed by atoms with Crippen LogP contribution in [0.3, 0.4) is 0 Å². The summed E-state index contributed by atoms with van der Waals surface area (Å²) in [7, 11) is -3.29. The number of anilines is 1. The van der Waals surface area contributed by atoms with Gasteiger partial charge in [-0.3, -0.25) is 0 Å². The minimum Gasteiger partial charge on any atom is -0.351 e. The molecule has 0 bridgehead atoms. The van der Waals surface area contributed by atoms with Crippen molar-refractivity contribution >= 4 is 43.5 Å². The van der Waals surface area contributed by atoms with Gasteiger partial charge in [0.05, 0.1) is 17.0 Å². The summed E-state index contributed by atoms with van der Waals surface area (Å²) in [6.45, 7) is 0.616. The Morgan fingerprint density at radius 2 is 1.91 bits per heavy atom. The largest absolute Gasteiger partial charge is 0.420 e. The normalized spacial score (nSPS) is 16.1. The molecule has 0 radical (unpaired) electrons. The fraction of sp³-hybridized carbons (Fsp3) is 0.350. The SMILES string of the molecule is CS(=O)(=O)N1CCC(Nc2ncc(C(F)(F)F)c(-c3cn(-c4ccc(Br)cc4Cl)cn3)n2)CC1. The Morgan fingerprint density at radius 3 is 2.53 bits per heavy atom. The summed E-state index contributed by atoms with van der Waals surface area (Å²) >= 11 is 9.57. The second-order valence-corrected chi connectivity index (χ2v) is 11.1. The number of imidazole rings is 1. The van der Waals surface area contributed by atoms with E-state index in [-0.39, 0.29) is 23.4 Å². The van der Waals surface area contributed by atoms with Crippen LogP contribution in [-0.2, 0) is 16.2 Å². The molecule has 8 nitrogen and oxygen atoms in total. The lowest BCUT2D eigenvalue weighted by Gasteiger charge is -2.30. The van der Waals surface area contributed by atoms with Crippen molar-refractivity contribution in [3.63, 3.8) is 0 Å². The van der Waals surface area contributed by atoms with Crippen LogP contribution in [0.15, 0.2) is 41.4 Å². The lowest BCUT2D eigenvalue weighted by atomic mass is 10.1. The van der Waals surface area contributed by atoms with E-state index < -0.39 is 21.8 Å². The van der Waals surface area contributed by atoms with Gasteiger partial charge in [-0.25, -0.2) is 27.7 Å². The Balaban J connectivity index is 1.62. The number of rotatable bonds is 5. The van der Waals surface area contributed by atoms with Gasteiger partial charge in [0.2, 0.25) is 16.0 Å². The number of nitrogens with one attached hydrogen (secondary N) is 1. The lowest BCUT2D eigenvalue weighted by Crippen LogP contribution is -2.42. The van der Waals surface area contributed by atoms with E-state index in [1.54, 1.807) is 18.2 Å². The van der Waals surface area contributed by atoms with Gasteiger partial charge in [0.15, 0.2) is 0 Å². The molecular weight excluding hydrogens is 561 g/mol. The third kappa shape index (κ3) is 5.53. The van der Waals surface area contributed by atoms with Crippen LogP contribution in [0.2, 0.25) is 5.02 Å². The van der Waals surface area contributed by atoms with Gasteiger partial charge >= 0.3 is 6.18 Å². The molecule has 1 aliphatic rings. The summed E-state index contributed by atoms with van der Waals surface area (Å²) in [4.78, 5) is 12.1. The fourth-order valence-corrected chi connectivity index (χ4v) is 5.28. The van der Waals surface area contributed by atoms with Gasteiger partial charge in [0.1, 0.15) is 23.3 Å². The molecule has 1 saturated heterocycles. The number of sulfonamides is 1. The second-order valence-electron chi connectivity index (χ2n) is 7.80. The zero-order valence-electron chi connectivity index (χ0n) is 17.7. The first kappa shape index (κ1) is 24.9. The Hall–Kier alpha value is -2.22. The van der Waals surface area contributed by atoms with Crippen LogP contribution in [0.5, 0.6) is 0 Å². The molecule has 1 N–H and O–H groups in total. The highest BCUT2D eigenvalue weighted by Gasteiger charge is 2.36. The predicted molar refractivity (Wildman–Crippen MR) is 125 cm³/mol. The Labute approximate surface area is 207 Å². The maximum Gasteiger partial charge on any atom is 0.420 e. The van der Waals surface area contributed by atoms with Crippen LogP contribution in [0, 0.1) is 0 Å². The number of nitrogens with zero attached hydrogens (tertiary/aromatic N) is 5. The van der Waals surface area contributed by atoms with E-state index in [1.165, 1.54) is 21.4 Å². The summed E-state index contributed by atoms with van der Waals surface area (Å²) in [6, 6.07) is 4.95. The van der Waals surface area contributed by atoms with Crippen molar-refractivity contribution in [2.75, 3.05) is 24.7 Å². The molecule has 0 unspecified atom stereocenters. The topological polar surface area (TPSA) is 93.0 Å². The van der Waals surface area contributed by atoms with Crippen molar-refractivity contribution in [3.05, 3.63) is 52.0 Å². The number of alkyl halides is 3. The summed E-state index contributed by atoms with van der Waals surface area (Å²) in [5.41, 5.74) is -0.839. The van der Waals surface area contributed by atoms with E-state index in [2.05, 4.69) is 36.2 Å². The van der Waals surface area contributed by atoms with Crippen molar-refractivity contribution in [2.45, 2.75) is 25.1 Å². The average molecular weight is 580 g/mol. The average Bonchev–Trinajstić information content (AvgIpc) is 3.22. The van der Waals surface area contributed by atoms with E-state index in [0.717, 1.165) is 16.9 Å². The van der Waals surface area contributed by atoms with Gasteiger partial charge in [-0.15, -0.1) is 0 Å². The van der Waals surface area contributed by atoms with E-state index in [4.69, 9.17) is 11.6 Å². The molecule has 4 rings (SSSR count). The summed E-state index contributed by atoms with van der Waals surface area (Å²) < 4.78 is 68.1. The highest BCUT2D eigenvalue weighted by Crippen LogP contribution is 2.36. The van der Waals surface area contributed by atoms with Crippen molar-refractivity contribution in [3.8, 4) is 17.1 Å². The quantitative estimate of drug-likeness (QED) is 0.475. The molecule has 0 saturated carbocycles.